The minimum absolute atomic E-state index is 0.0804. The van der Waals surface area contributed by atoms with Crippen molar-refractivity contribution in [3.05, 3.63) is 42.5 Å². The summed E-state index contributed by atoms with van der Waals surface area (Å²) in [7, 11) is 0. The number of carbonyl (C=O) groups is 1. The highest BCUT2D eigenvalue weighted by atomic mass is 16.5. The molecule has 0 unspecified atom stereocenters. The van der Waals surface area contributed by atoms with Crippen molar-refractivity contribution in [1.29, 1.82) is 0 Å². The van der Waals surface area contributed by atoms with Crippen LogP contribution in [-0.4, -0.2) is 16.2 Å². The predicted molar refractivity (Wildman–Crippen MR) is 63.0 cm³/mol. The van der Waals surface area contributed by atoms with Gasteiger partial charge in [-0.05, 0) is 12.1 Å². The second-order valence-electron chi connectivity index (χ2n) is 3.77. The maximum atomic E-state index is 11.7. The fourth-order valence-electron chi connectivity index (χ4n) is 1.56. The Labute approximate surface area is 107 Å². The molecule has 0 aliphatic carbocycles. The lowest BCUT2D eigenvalue weighted by atomic mass is 10.2. The number of hydrogen-bond acceptors (Lipinski definition) is 6. The molecule has 19 heavy (non-hydrogen) atoms. The Kier molecular flexibility index (Phi) is 2.85. The van der Waals surface area contributed by atoms with Crippen LogP contribution in [0.25, 0.3) is 11.5 Å². The molecule has 0 fully saturated rings. The van der Waals surface area contributed by atoms with E-state index in [9.17, 15) is 4.79 Å². The van der Waals surface area contributed by atoms with Gasteiger partial charge in [0.25, 0.3) is 0 Å². The number of carbonyl (C=O) groups excluding carboxylic acids is 1. The molecule has 1 N–H and O–H groups in total. The zero-order chi connectivity index (χ0) is 13.1. The van der Waals surface area contributed by atoms with E-state index in [-0.39, 0.29) is 12.3 Å². The third-order valence-corrected chi connectivity index (χ3v) is 2.37. The minimum Gasteiger partial charge on any atom is -0.461 e. The first-order chi connectivity index (χ1) is 9.31. The molecule has 0 saturated carbocycles. The monoisotopic (exact) mass is 259 g/mol. The molecule has 3 aromatic rings. The van der Waals surface area contributed by atoms with Gasteiger partial charge in [-0.3, -0.25) is 4.79 Å². The fraction of sp³-hybridized carbons (Fsp3) is 0.0833. The van der Waals surface area contributed by atoms with E-state index in [2.05, 4.69) is 20.2 Å². The average Bonchev–Trinajstić information content (AvgIpc) is 3.09. The van der Waals surface area contributed by atoms with Gasteiger partial charge in [0.05, 0.1) is 18.4 Å². The van der Waals surface area contributed by atoms with Crippen LogP contribution in [-0.2, 0) is 11.2 Å². The van der Waals surface area contributed by atoms with Gasteiger partial charge in [0, 0.05) is 12.1 Å². The molecule has 96 valence electrons. The van der Waals surface area contributed by atoms with Crippen molar-refractivity contribution in [2.75, 3.05) is 5.32 Å². The molecule has 7 nitrogen and oxygen atoms in total. The number of amides is 1. The van der Waals surface area contributed by atoms with Crippen LogP contribution in [0.5, 0.6) is 0 Å². The second-order valence-corrected chi connectivity index (χ2v) is 3.77. The SMILES string of the molecule is O=C(Cc1cc(-c2ccco2)on1)Nc1ccon1. The van der Waals surface area contributed by atoms with Gasteiger partial charge in [0.1, 0.15) is 6.26 Å². The highest BCUT2D eigenvalue weighted by Gasteiger charge is 2.12. The molecule has 1 amide bonds. The molecule has 3 aromatic heterocycles. The van der Waals surface area contributed by atoms with Crippen LogP contribution in [0, 0.1) is 0 Å². The highest BCUT2D eigenvalue weighted by molar-refractivity contribution is 5.91. The normalized spacial score (nSPS) is 10.5. The largest absolute Gasteiger partial charge is 0.461 e. The van der Waals surface area contributed by atoms with E-state index in [1.807, 2.05) is 0 Å². The molecule has 0 aliphatic rings. The summed E-state index contributed by atoms with van der Waals surface area (Å²) in [4.78, 5) is 11.7. The molecule has 3 heterocycles. The van der Waals surface area contributed by atoms with Gasteiger partial charge >= 0.3 is 0 Å². The van der Waals surface area contributed by atoms with Gasteiger partial charge in [0.15, 0.2) is 11.6 Å². The summed E-state index contributed by atoms with van der Waals surface area (Å²) in [6.45, 7) is 0. The van der Waals surface area contributed by atoms with Crippen LogP contribution in [0.15, 0.2) is 50.3 Å². The lowest BCUT2D eigenvalue weighted by molar-refractivity contribution is -0.115. The number of nitrogens with one attached hydrogen (secondary N) is 1. The number of furan rings is 1. The maximum Gasteiger partial charge on any atom is 0.231 e. The maximum absolute atomic E-state index is 11.7. The molecule has 0 atom stereocenters. The molecular formula is C12H9N3O4. The zero-order valence-electron chi connectivity index (χ0n) is 9.70. The third kappa shape index (κ3) is 2.54. The average molecular weight is 259 g/mol. The Morgan fingerprint density at radius 2 is 2.16 bits per heavy atom. The van der Waals surface area contributed by atoms with Crippen LogP contribution in [0.1, 0.15) is 5.69 Å². The molecule has 0 saturated heterocycles. The van der Waals surface area contributed by atoms with Crippen molar-refractivity contribution in [2.24, 2.45) is 0 Å². The highest BCUT2D eigenvalue weighted by Crippen LogP contribution is 2.20. The Bertz CT molecular complexity index is 655. The Hall–Kier alpha value is -2.83. The van der Waals surface area contributed by atoms with E-state index in [0.29, 0.717) is 23.0 Å². The summed E-state index contributed by atoms with van der Waals surface area (Å²) >= 11 is 0. The summed E-state index contributed by atoms with van der Waals surface area (Å²) in [5, 5.41) is 9.95. The zero-order valence-corrected chi connectivity index (χ0v) is 9.70. The first kappa shape index (κ1) is 11.3. The summed E-state index contributed by atoms with van der Waals surface area (Å²) in [5.41, 5.74) is 0.507. The van der Waals surface area contributed by atoms with Crippen LogP contribution in [0.4, 0.5) is 5.82 Å². The summed E-state index contributed by atoms with van der Waals surface area (Å²) in [6, 6.07) is 6.70. The van der Waals surface area contributed by atoms with Crippen molar-refractivity contribution in [2.45, 2.75) is 6.42 Å². The molecule has 0 aromatic carbocycles. The Morgan fingerprint density at radius 3 is 2.89 bits per heavy atom. The van der Waals surface area contributed by atoms with E-state index in [4.69, 9.17) is 8.94 Å². The number of anilines is 1. The van der Waals surface area contributed by atoms with Crippen molar-refractivity contribution in [1.82, 2.24) is 10.3 Å². The van der Waals surface area contributed by atoms with Crippen LogP contribution >= 0.6 is 0 Å². The number of nitrogens with zero attached hydrogens (tertiary/aromatic N) is 2. The standard InChI is InChI=1S/C12H9N3O4/c16-12(13-11-3-5-18-15-11)7-8-6-10(19-14-8)9-2-1-4-17-9/h1-6H,7H2,(H,13,15,16). The number of rotatable bonds is 4. The quantitative estimate of drug-likeness (QED) is 0.771. The first-order valence-electron chi connectivity index (χ1n) is 5.51. The van der Waals surface area contributed by atoms with Crippen molar-refractivity contribution in [3.63, 3.8) is 0 Å². The molecule has 0 bridgehead atoms. The van der Waals surface area contributed by atoms with Gasteiger partial charge in [0.2, 0.25) is 11.7 Å². The smallest absolute Gasteiger partial charge is 0.231 e. The van der Waals surface area contributed by atoms with Gasteiger partial charge in [-0.15, -0.1) is 0 Å². The molecule has 0 aliphatic heterocycles. The van der Waals surface area contributed by atoms with Crippen molar-refractivity contribution >= 4 is 11.7 Å². The van der Waals surface area contributed by atoms with Gasteiger partial charge in [-0.25, -0.2) is 0 Å². The molecule has 3 rings (SSSR count). The van der Waals surface area contributed by atoms with Crippen molar-refractivity contribution < 1.29 is 18.3 Å². The third-order valence-electron chi connectivity index (χ3n) is 2.37. The lowest BCUT2D eigenvalue weighted by Crippen LogP contribution is -2.14. The Balaban J connectivity index is 1.65. The first-order valence-corrected chi connectivity index (χ1v) is 5.51. The van der Waals surface area contributed by atoms with E-state index < -0.39 is 0 Å². The Morgan fingerprint density at radius 1 is 1.21 bits per heavy atom. The fourth-order valence-corrected chi connectivity index (χ4v) is 1.56. The summed E-state index contributed by atoms with van der Waals surface area (Å²) < 4.78 is 14.9. The molecule has 0 spiro atoms. The minimum atomic E-state index is -0.256. The van der Waals surface area contributed by atoms with E-state index in [1.54, 1.807) is 24.3 Å². The van der Waals surface area contributed by atoms with E-state index in [1.165, 1.54) is 12.5 Å². The van der Waals surface area contributed by atoms with Gasteiger partial charge < -0.3 is 18.8 Å². The van der Waals surface area contributed by atoms with Crippen LogP contribution in [0.2, 0.25) is 0 Å². The van der Waals surface area contributed by atoms with E-state index >= 15 is 0 Å². The van der Waals surface area contributed by atoms with Gasteiger partial charge in [-0.1, -0.05) is 10.3 Å². The lowest BCUT2D eigenvalue weighted by Gasteiger charge is -1.96. The predicted octanol–water partition coefficient (Wildman–Crippen LogP) is 2.10. The summed E-state index contributed by atoms with van der Waals surface area (Å²) in [6.07, 6.45) is 2.99. The number of hydrogen-bond donors (Lipinski definition) is 1. The molecule has 7 heteroatoms. The second kappa shape index (κ2) is 4.81. The van der Waals surface area contributed by atoms with E-state index in [0.717, 1.165) is 0 Å². The number of aromatic nitrogens is 2. The van der Waals surface area contributed by atoms with Gasteiger partial charge in [-0.2, -0.15) is 0 Å². The summed E-state index contributed by atoms with van der Waals surface area (Å²) in [5.74, 6) is 1.15. The topological polar surface area (TPSA) is 94.3 Å². The van der Waals surface area contributed by atoms with Crippen molar-refractivity contribution in [3.8, 4) is 11.5 Å². The molecular weight excluding hydrogens is 250 g/mol. The van der Waals surface area contributed by atoms with Crippen LogP contribution in [0.3, 0.4) is 0 Å². The van der Waals surface area contributed by atoms with Crippen LogP contribution < -0.4 is 5.32 Å². The molecule has 0 radical (unpaired) electrons.